The van der Waals surface area contributed by atoms with Gasteiger partial charge in [0.2, 0.25) is 0 Å². The summed E-state index contributed by atoms with van der Waals surface area (Å²) in [5.41, 5.74) is 2.21. The van der Waals surface area contributed by atoms with Crippen LogP contribution in [0.4, 0.5) is 0 Å². The highest BCUT2D eigenvalue weighted by molar-refractivity contribution is 5.79. The van der Waals surface area contributed by atoms with E-state index < -0.39 is 0 Å². The zero-order chi connectivity index (χ0) is 18.9. The van der Waals surface area contributed by atoms with E-state index in [1.807, 2.05) is 36.0 Å². The third-order valence-electron chi connectivity index (χ3n) is 4.25. The first-order valence-corrected chi connectivity index (χ1v) is 8.85. The Kier molecular flexibility index (Phi) is 7.47. The van der Waals surface area contributed by atoms with Crippen molar-refractivity contribution in [1.29, 1.82) is 0 Å². The maximum atomic E-state index is 5.53. The molecule has 1 aromatic carbocycles. The Bertz CT molecular complexity index is 710. The normalized spacial score (nSPS) is 12.9. The lowest BCUT2D eigenvalue weighted by atomic mass is 10.0. The number of para-hydroxylation sites is 1. The Hall–Kier alpha value is -2.54. The summed E-state index contributed by atoms with van der Waals surface area (Å²) in [5, 5.41) is 10.9. The molecule has 0 aliphatic heterocycles. The number of aromatic nitrogens is 2. The molecule has 26 heavy (non-hydrogen) atoms. The van der Waals surface area contributed by atoms with Crippen LogP contribution in [-0.2, 0) is 13.6 Å². The Morgan fingerprint density at radius 3 is 2.65 bits per heavy atom. The fourth-order valence-electron chi connectivity index (χ4n) is 2.76. The van der Waals surface area contributed by atoms with Crippen LogP contribution < -0.4 is 15.4 Å². The molecule has 2 N–H and O–H groups in total. The third kappa shape index (κ3) is 5.23. The van der Waals surface area contributed by atoms with Gasteiger partial charge in [-0.15, -0.1) is 0 Å². The zero-order valence-corrected chi connectivity index (χ0v) is 16.4. The van der Waals surface area contributed by atoms with Gasteiger partial charge in [-0.25, -0.2) is 4.99 Å². The third-order valence-corrected chi connectivity index (χ3v) is 4.25. The highest BCUT2D eigenvalue weighted by atomic mass is 16.5. The molecule has 1 heterocycles. The molecule has 0 amide bonds. The molecule has 0 spiro atoms. The molecule has 0 saturated heterocycles. The van der Waals surface area contributed by atoms with E-state index in [0.717, 1.165) is 29.5 Å². The first-order chi connectivity index (χ1) is 12.6. The van der Waals surface area contributed by atoms with Crippen molar-refractivity contribution in [2.24, 2.45) is 12.0 Å². The molecular weight excluding hydrogens is 328 g/mol. The molecule has 7 heteroatoms. The average molecular weight is 358 g/mol. The topological polar surface area (TPSA) is 66.7 Å². The molecule has 0 fully saturated rings. The van der Waals surface area contributed by atoms with Crippen LogP contribution in [-0.4, -0.2) is 54.9 Å². The van der Waals surface area contributed by atoms with Gasteiger partial charge in [-0.3, -0.25) is 4.68 Å². The molecule has 0 saturated carbocycles. The van der Waals surface area contributed by atoms with Crippen molar-refractivity contribution < 1.29 is 4.74 Å². The van der Waals surface area contributed by atoms with E-state index in [4.69, 9.17) is 4.74 Å². The number of methoxy groups -OCH3 is 1. The average Bonchev–Trinajstić information content (AvgIpc) is 3.04. The molecule has 0 bridgehead atoms. The number of hydrogen-bond acceptors (Lipinski definition) is 4. The molecule has 1 unspecified atom stereocenters. The van der Waals surface area contributed by atoms with Crippen LogP contribution in [0.1, 0.15) is 24.2 Å². The summed E-state index contributed by atoms with van der Waals surface area (Å²) >= 11 is 0. The summed E-state index contributed by atoms with van der Waals surface area (Å²) in [6.07, 6.45) is 1.79. The van der Waals surface area contributed by atoms with Crippen LogP contribution >= 0.6 is 0 Å². The largest absolute Gasteiger partial charge is 0.496 e. The Balaban J connectivity index is 2.10. The van der Waals surface area contributed by atoms with Crippen molar-refractivity contribution in [3.63, 3.8) is 0 Å². The number of nitrogens with zero attached hydrogens (tertiary/aromatic N) is 4. The highest BCUT2D eigenvalue weighted by Crippen LogP contribution is 2.27. The van der Waals surface area contributed by atoms with Gasteiger partial charge in [0.25, 0.3) is 0 Å². The van der Waals surface area contributed by atoms with Gasteiger partial charge < -0.3 is 20.3 Å². The van der Waals surface area contributed by atoms with Crippen molar-refractivity contribution >= 4 is 5.96 Å². The molecule has 142 valence electrons. The summed E-state index contributed by atoms with van der Waals surface area (Å²) in [6, 6.07) is 10.3. The maximum Gasteiger partial charge on any atom is 0.191 e. The predicted octanol–water partition coefficient (Wildman–Crippen LogP) is 1.79. The second-order valence-electron chi connectivity index (χ2n) is 6.24. The molecule has 7 nitrogen and oxygen atoms in total. The van der Waals surface area contributed by atoms with Crippen molar-refractivity contribution in [3.05, 3.63) is 47.8 Å². The van der Waals surface area contributed by atoms with Crippen LogP contribution in [0.5, 0.6) is 5.75 Å². The number of aliphatic imine (C=N–C) groups is 1. The van der Waals surface area contributed by atoms with Crippen molar-refractivity contribution in [2.45, 2.75) is 19.5 Å². The van der Waals surface area contributed by atoms with Crippen LogP contribution in [0.2, 0.25) is 0 Å². The quantitative estimate of drug-likeness (QED) is 0.556. The SMILES string of the molecule is CCNC(=NCc1ccnn1C)NCC(c1ccccc1OC)N(C)C. The lowest BCUT2D eigenvalue weighted by molar-refractivity contribution is 0.287. The van der Waals surface area contributed by atoms with Gasteiger partial charge in [0.1, 0.15) is 5.75 Å². The number of benzene rings is 1. The molecule has 1 aromatic heterocycles. The fraction of sp³-hybridized carbons (Fsp3) is 0.474. The molecule has 0 aliphatic rings. The summed E-state index contributed by atoms with van der Waals surface area (Å²) in [4.78, 5) is 6.84. The predicted molar refractivity (Wildman–Crippen MR) is 105 cm³/mol. The van der Waals surface area contributed by atoms with Crippen LogP contribution in [0, 0.1) is 0 Å². The number of aryl methyl sites for hydroxylation is 1. The summed E-state index contributed by atoms with van der Waals surface area (Å²) in [6.45, 7) is 4.15. The van der Waals surface area contributed by atoms with E-state index in [9.17, 15) is 0 Å². The highest BCUT2D eigenvalue weighted by Gasteiger charge is 2.18. The van der Waals surface area contributed by atoms with Gasteiger partial charge in [-0.05, 0) is 33.2 Å². The first kappa shape index (κ1) is 19.8. The summed E-state index contributed by atoms with van der Waals surface area (Å²) in [7, 11) is 7.77. The summed E-state index contributed by atoms with van der Waals surface area (Å²) < 4.78 is 7.37. The van der Waals surface area contributed by atoms with E-state index in [2.05, 4.69) is 52.7 Å². The second kappa shape index (κ2) is 9.82. The van der Waals surface area contributed by atoms with Crippen LogP contribution in [0.3, 0.4) is 0 Å². The van der Waals surface area contributed by atoms with Gasteiger partial charge in [0.15, 0.2) is 5.96 Å². The fourth-order valence-corrected chi connectivity index (χ4v) is 2.76. The monoisotopic (exact) mass is 358 g/mol. The van der Waals surface area contributed by atoms with E-state index in [-0.39, 0.29) is 6.04 Å². The van der Waals surface area contributed by atoms with Crippen LogP contribution in [0.15, 0.2) is 41.5 Å². The number of likely N-dealkylation sites (N-methyl/N-ethyl adjacent to an activating group) is 1. The number of rotatable bonds is 8. The molecular formula is C19H30N6O. The number of guanidine groups is 1. The minimum atomic E-state index is 0.159. The van der Waals surface area contributed by atoms with Gasteiger partial charge in [0.05, 0.1) is 25.4 Å². The van der Waals surface area contributed by atoms with Crippen LogP contribution in [0.25, 0.3) is 0 Å². The smallest absolute Gasteiger partial charge is 0.191 e. The van der Waals surface area contributed by atoms with E-state index >= 15 is 0 Å². The van der Waals surface area contributed by atoms with E-state index in [1.54, 1.807) is 13.3 Å². The lowest BCUT2D eigenvalue weighted by Gasteiger charge is -2.27. The van der Waals surface area contributed by atoms with Gasteiger partial charge in [0, 0.05) is 31.9 Å². The number of nitrogens with one attached hydrogen (secondary N) is 2. The van der Waals surface area contributed by atoms with Gasteiger partial charge in [-0.2, -0.15) is 5.10 Å². The number of hydrogen-bond donors (Lipinski definition) is 2. The lowest BCUT2D eigenvalue weighted by Crippen LogP contribution is -2.41. The minimum Gasteiger partial charge on any atom is -0.496 e. The Morgan fingerprint density at radius 2 is 2.04 bits per heavy atom. The van der Waals surface area contributed by atoms with Gasteiger partial charge >= 0.3 is 0 Å². The molecule has 0 aliphatic carbocycles. The summed E-state index contributed by atoms with van der Waals surface area (Å²) in [5.74, 6) is 1.68. The Morgan fingerprint density at radius 1 is 1.27 bits per heavy atom. The molecule has 0 radical (unpaired) electrons. The number of ether oxygens (including phenoxy) is 1. The molecule has 2 aromatic rings. The van der Waals surface area contributed by atoms with Crippen molar-refractivity contribution in [2.75, 3.05) is 34.3 Å². The molecule has 1 atom stereocenters. The van der Waals surface area contributed by atoms with Gasteiger partial charge in [-0.1, -0.05) is 18.2 Å². The van der Waals surface area contributed by atoms with E-state index in [0.29, 0.717) is 13.1 Å². The second-order valence-corrected chi connectivity index (χ2v) is 6.24. The first-order valence-electron chi connectivity index (χ1n) is 8.85. The van der Waals surface area contributed by atoms with E-state index in [1.165, 1.54) is 0 Å². The standard InChI is InChI=1S/C19H30N6O/c1-6-20-19(21-13-15-11-12-23-25(15)4)22-14-17(24(2)3)16-9-7-8-10-18(16)26-5/h7-12,17H,6,13-14H2,1-5H3,(H2,20,21,22). The zero-order valence-electron chi connectivity index (χ0n) is 16.4. The maximum absolute atomic E-state index is 5.53. The Labute approximate surface area is 156 Å². The van der Waals surface area contributed by atoms with Crippen molar-refractivity contribution in [3.8, 4) is 5.75 Å². The minimum absolute atomic E-state index is 0.159. The molecule has 2 rings (SSSR count). The van der Waals surface area contributed by atoms with Crippen molar-refractivity contribution in [1.82, 2.24) is 25.3 Å².